The molecule has 1 amide bonds. The molecule has 0 aliphatic rings. The Kier molecular flexibility index (Phi) is 6.85. The summed E-state index contributed by atoms with van der Waals surface area (Å²) in [5.41, 5.74) is 1.33. The van der Waals surface area contributed by atoms with Gasteiger partial charge in [-0.3, -0.25) is 4.79 Å². The van der Waals surface area contributed by atoms with Crippen LogP contribution in [0.1, 0.15) is 20.3 Å². The minimum atomic E-state index is -3.22. The number of carbonyl (C=O) groups excluding carboxylic acids is 1. The van der Waals surface area contributed by atoms with Crippen LogP contribution in [0.4, 0.5) is 5.13 Å². The van der Waals surface area contributed by atoms with Crippen LogP contribution in [0.5, 0.6) is 0 Å². The summed E-state index contributed by atoms with van der Waals surface area (Å²) in [6.07, 6.45) is -0.0916. The number of sulfone groups is 1. The molecular formula is C16H18Cl2N2O3S2. The molecule has 9 heteroatoms. The summed E-state index contributed by atoms with van der Waals surface area (Å²) in [6.45, 7) is 3.66. The van der Waals surface area contributed by atoms with Gasteiger partial charge < -0.3 is 5.32 Å². The van der Waals surface area contributed by atoms with Gasteiger partial charge in [0, 0.05) is 22.4 Å². The molecule has 1 aromatic heterocycles. The second kappa shape index (κ2) is 8.49. The molecule has 0 bridgehead atoms. The number of hydrogen-bond acceptors (Lipinski definition) is 5. The van der Waals surface area contributed by atoms with Crippen LogP contribution < -0.4 is 5.32 Å². The van der Waals surface area contributed by atoms with Crippen molar-refractivity contribution < 1.29 is 13.2 Å². The molecule has 136 valence electrons. The molecule has 1 heterocycles. The molecule has 0 radical (unpaired) electrons. The third-order valence-corrected chi connectivity index (χ3v) is 6.49. The summed E-state index contributed by atoms with van der Waals surface area (Å²) in [7, 11) is -3.22. The van der Waals surface area contributed by atoms with E-state index in [1.807, 2.05) is 13.8 Å². The molecule has 0 saturated carbocycles. The predicted octanol–water partition coefficient (Wildman–Crippen LogP) is 4.52. The second-order valence-electron chi connectivity index (χ2n) is 5.97. The summed E-state index contributed by atoms with van der Waals surface area (Å²) < 4.78 is 23.7. The van der Waals surface area contributed by atoms with Crippen molar-refractivity contribution in [3.05, 3.63) is 33.6 Å². The molecule has 2 rings (SSSR count). The number of carbonyl (C=O) groups is 1. The van der Waals surface area contributed by atoms with Crippen molar-refractivity contribution in [2.75, 3.05) is 16.8 Å². The lowest BCUT2D eigenvalue weighted by Crippen LogP contribution is -2.20. The Bertz CT molecular complexity index is 864. The smallest absolute Gasteiger partial charge is 0.227 e. The average Bonchev–Trinajstić information content (AvgIpc) is 2.92. The van der Waals surface area contributed by atoms with Gasteiger partial charge in [0.1, 0.15) is 0 Å². The first-order valence-electron chi connectivity index (χ1n) is 7.57. The van der Waals surface area contributed by atoms with E-state index in [-0.39, 0.29) is 29.8 Å². The van der Waals surface area contributed by atoms with Crippen molar-refractivity contribution >= 4 is 55.4 Å². The lowest BCUT2D eigenvalue weighted by molar-refractivity contribution is -0.115. The van der Waals surface area contributed by atoms with Gasteiger partial charge in [-0.25, -0.2) is 13.4 Å². The molecule has 0 spiro atoms. The summed E-state index contributed by atoms with van der Waals surface area (Å²) in [5, 5.41) is 5.78. The highest BCUT2D eigenvalue weighted by Gasteiger charge is 2.16. The molecule has 0 fully saturated rings. The lowest BCUT2D eigenvalue weighted by Gasteiger charge is -2.06. The van der Waals surface area contributed by atoms with E-state index in [9.17, 15) is 13.2 Å². The Morgan fingerprint density at radius 3 is 2.68 bits per heavy atom. The number of benzene rings is 1. The van der Waals surface area contributed by atoms with Crippen LogP contribution in [0.25, 0.3) is 11.3 Å². The van der Waals surface area contributed by atoms with E-state index in [0.29, 0.717) is 26.4 Å². The van der Waals surface area contributed by atoms with E-state index in [1.165, 1.54) is 11.3 Å². The van der Waals surface area contributed by atoms with E-state index in [2.05, 4.69) is 10.3 Å². The monoisotopic (exact) mass is 420 g/mol. The third kappa shape index (κ3) is 6.26. The number of rotatable bonds is 7. The van der Waals surface area contributed by atoms with Crippen molar-refractivity contribution in [3.8, 4) is 11.3 Å². The van der Waals surface area contributed by atoms with Crippen molar-refractivity contribution in [2.24, 2.45) is 5.92 Å². The van der Waals surface area contributed by atoms with Crippen molar-refractivity contribution in [2.45, 2.75) is 20.3 Å². The van der Waals surface area contributed by atoms with E-state index >= 15 is 0 Å². The average molecular weight is 421 g/mol. The van der Waals surface area contributed by atoms with Crippen LogP contribution in [0.15, 0.2) is 23.6 Å². The molecule has 0 aliphatic carbocycles. The van der Waals surface area contributed by atoms with Crippen LogP contribution in [0.2, 0.25) is 10.0 Å². The van der Waals surface area contributed by atoms with Gasteiger partial charge in [-0.2, -0.15) is 0 Å². The van der Waals surface area contributed by atoms with Gasteiger partial charge in [0.2, 0.25) is 5.91 Å². The minimum Gasteiger partial charge on any atom is -0.302 e. The zero-order valence-corrected chi connectivity index (χ0v) is 16.9. The number of anilines is 1. The standard InChI is InChI=1S/C16H18Cl2N2O3S2/c1-10(2)9-25(22,23)6-5-15(21)20-16-19-14(8-24-16)12-4-3-11(17)7-13(12)18/h3-4,7-8,10H,5-6,9H2,1-2H3,(H,19,20,21). The zero-order chi connectivity index (χ0) is 18.6. The number of aromatic nitrogens is 1. The molecule has 1 N–H and O–H groups in total. The maximum atomic E-state index is 11.9. The Labute approximate surface area is 161 Å². The topological polar surface area (TPSA) is 76.1 Å². The maximum Gasteiger partial charge on any atom is 0.227 e. The maximum absolute atomic E-state index is 11.9. The van der Waals surface area contributed by atoms with Crippen LogP contribution in [-0.2, 0) is 14.6 Å². The molecule has 2 aromatic rings. The van der Waals surface area contributed by atoms with Crippen molar-refractivity contribution in [1.82, 2.24) is 4.98 Å². The van der Waals surface area contributed by atoms with Crippen LogP contribution in [0.3, 0.4) is 0 Å². The predicted molar refractivity (Wildman–Crippen MR) is 104 cm³/mol. The normalized spacial score (nSPS) is 11.7. The highest BCUT2D eigenvalue weighted by molar-refractivity contribution is 7.91. The summed E-state index contributed by atoms with van der Waals surface area (Å²) in [4.78, 5) is 16.3. The molecule has 0 unspecified atom stereocenters. The summed E-state index contributed by atoms with van der Waals surface area (Å²) in [6, 6.07) is 5.08. The first-order valence-corrected chi connectivity index (χ1v) is 11.0. The Balaban J connectivity index is 1.98. The van der Waals surface area contributed by atoms with Gasteiger partial charge in [-0.1, -0.05) is 37.0 Å². The van der Waals surface area contributed by atoms with Gasteiger partial charge in [0.05, 0.1) is 22.2 Å². The highest BCUT2D eigenvalue weighted by atomic mass is 35.5. The van der Waals surface area contributed by atoms with E-state index in [0.717, 1.165) is 0 Å². The van der Waals surface area contributed by atoms with Crippen molar-refractivity contribution in [3.63, 3.8) is 0 Å². The molecule has 0 saturated heterocycles. The number of thiazole rings is 1. The van der Waals surface area contributed by atoms with Gasteiger partial charge >= 0.3 is 0 Å². The molecule has 25 heavy (non-hydrogen) atoms. The fourth-order valence-electron chi connectivity index (χ4n) is 2.17. The zero-order valence-electron chi connectivity index (χ0n) is 13.8. The first kappa shape index (κ1) is 20.2. The Morgan fingerprint density at radius 2 is 2.04 bits per heavy atom. The molecule has 1 aromatic carbocycles. The third-order valence-electron chi connectivity index (χ3n) is 3.19. The SMILES string of the molecule is CC(C)CS(=O)(=O)CCC(=O)Nc1nc(-c2ccc(Cl)cc2Cl)cs1. The number of hydrogen-bond donors (Lipinski definition) is 1. The van der Waals surface area contributed by atoms with Crippen molar-refractivity contribution in [1.29, 1.82) is 0 Å². The number of nitrogens with one attached hydrogen (secondary N) is 1. The fraction of sp³-hybridized carbons (Fsp3) is 0.375. The second-order valence-corrected chi connectivity index (χ2v) is 9.90. The molecule has 0 atom stereocenters. The number of halogens is 2. The number of amides is 1. The van der Waals surface area contributed by atoms with Gasteiger partial charge in [0.25, 0.3) is 0 Å². The largest absolute Gasteiger partial charge is 0.302 e. The van der Waals surface area contributed by atoms with Crippen LogP contribution >= 0.6 is 34.5 Å². The Hall–Kier alpha value is -1.15. The van der Waals surface area contributed by atoms with E-state index in [4.69, 9.17) is 23.2 Å². The van der Waals surface area contributed by atoms with Gasteiger partial charge in [-0.15, -0.1) is 11.3 Å². The van der Waals surface area contributed by atoms with Gasteiger partial charge in [-0.05, 0) is 24.1 Å². The number of nitrogens with zero attached hydrogens (tertiary/aromatic N) is 1. The first-order chi connectivity index (χ1) is 11.7. The Morgan fingerprint density at radius 1 is 1.32 bits per heavy atom. The quantitative estimate of drug-likeness (QED) is 0.714. The molecular weight excluding hydrogens is 403 g/mol. The molecule has 5 nitrogen and oxygen atoms in total. The summed E-state index contributed by atoms with van der Waals surface area (Å²) in [5.74, 6) is -0.427. The highest BCUT2D eigenvalue weighted by Crippen LogP contribution is 2.32. The lowest BCUT2D eigenvalue weighted by atomic mass is 10.2. The van der Waals surface area contributed by atoms with E-state index < -0.39 is 9.84 Å². The minimum absolute atomic E-state index is 0.0405. The van der Waals surface area contributed by atoms with Crippen LogP contribution in [-0.4, -0.2) is 30.8 Å². The van der Waals surface area contributed by atoms with Gasteiger partial charge in [0.15, 0.2) is 15.0 Å². The van der Waals surface area contributed by atoms with Crippen LogP contribution in [0, 0.1) is 5.92 Å². The summed E-state index contributed by atoms with van der Waals surface area (Å²) >= 11 is 13.3. The molecule has 0 aliphatic heterocycles. The van der Waals surface area contributed by atoms with E-state index in [1.54, 1.807) is 23.6 Å². The fourth-order valence-corrected chi connectivity index (χ4v) is 5.08.